The van der Waals surface area contributed by atoms with Gasteiger partial charge in [0.15, 0.2) is 5.76 Å². The zero-order chi connectivity index (χ0) is 20.4. The van der Waals surface area contributed by atoms with Gasteiger partial charge in [0.1, 0.15) is 5.76 Å². The van der Waals surface area contributed by atoms with Crippen LogP contribution in [0.5, 0.6) is 0 Å². The third kappa shape index (κ3) is 4.24. The van der Waals surface area contributed by atoms with E-state index in [9.17, 15) is 9.59 Å². The normalized spacial score (nSPS) is 16.1. The van der Waals surface area contributed by atoms with Crippen LogP contribution in [0.1, 0.15) is 53.8 Å². The Balaban J connectivity index is 1.49. The molecule has 2 aromatic carbocycles. The largest absolute Gasteiger partial charge is 0.451 e. The van der Waals surface area contributed by atoms with Crippen molar-refractivity contribution in [1.82, 2.24) is 5.32 Å². The molecule has 2 heterocycles. The molecule has 5 heteroatoms. The summed E-state index contributed by atoms with van der Waals surface area (Å²) in [5.74, 6) is 1.26. The van der Waals surface area contributed by atoms with E-state index in [4.69, 9.17) is 4.42 Å². The summed E-state index contributed by atoms with van der Waals surface area (Å²) < 4.78 is 5.82. The van der Waals surface area contributed by atoms with E-state index in [1.54, 1.807) is 6.07 Å². The first-order chi connectivity index (χ1) is 14.0. The fourth-order valence-corrected chi connectivity index (χ4v) is 3.57. The summed E-state index contributed by atoms with van der Waals surface area (Å²) in [4.78, 5) is 24.1. The summed E-state index contributed by atoms with van der Waals surface area (Å²) in [6.45, 7) is 4.92. The van der Waals surface area contributed by atoms with Crippen LogP contribution in [0.4, 0.5) is 5.69 Å². The number of amides is 2. The zero-order valence-corrected chi connectivity index (χ0v) is 16.6. The van der Waals surface area contributed by atoms with Crippen LogP contribution in [0.15, 0.2) is 65.1 Å². The summed E-state index contributed by atoms with van der Waals surface area (Å²) in [5.41, 5.74) is 3.90. The van der Waals surface area contributed by atoms with Crippen LogP contribution >= 0.6 is 0 Å². The standard InChI is InChI=1S/C24H24N2O3/c1-15(2)16-5-3-7-18(11-16)21-9-10-22(29-21)24(28)26-20-8-4-6-17(12-20)19-13-23(27)25-14-19/h3-12,15,19H,13-14H2,1-2H3,(H,25,27)(H,26,28). The van der Waals surface area contributed by atoms with Crippen molar-refractivity contribution >= 4 is 17.5 Å². The summed E-state index contributed by atoms with van der Waals surface area (Å²) in [6.07, 6.45) is 0.481. The van der Waals surface area contributed by atoms with Crippen molar-refractivity contribution in [3.63, 3.8) is 0 Å². The molecular formula is C24H24N2O3. The Morgan fingerprint density at radius 3 is 2.69 bits per heavy atom. The molecule has 1 aliphatic rings. The first kappa shape index (κ1) is 19.0. The van der Waals surface area contributed by atoms with Crippen molar-refractivity contribution in [2.24, 2.45) is 0 Å². The van der Waals surface area contributed by atoms with Gasteiger partial charge in [0, 0.05) is 30.1 Å². The molecule has 0 bridgehead atoms. The minimum atomic E-state index is -0.297. The van der Waals surface area contributed by atoms with Crippen LogP contribution in [0.25, 0.3) is 11.3 Å². The van der Waals surface area contributed by atoms with Crippen molar-refractivity contribution in [2.75, 3.05) is 11.9 Å². The number of anilines is 1. The summed E-state index contributed by atoms with van der Waals surface area (Å²) in [5, 5.41) is 5.73. The van der Waals surface area contributed by atoms with E-state index in [2.05, 4.69) is 36.6 Å². The fraction of sp³-hybridized carbons (Fsp3) is 0.250. The highest BCUT2D eigenvalue weighted by molar-refractivity contribution is 6.02. The highest BCUT2D eigenvalue weighted by Crippen LogP contribution is 2.27. The van der Waals surface area contributed by atoms with Gasteiger partial charge in [0.25, 0.3) is 5.91 Å². The lowest BCUT2D eigenvalue weighted by atomic mass is 9.98. The quantitative estimate of drug-likeness (QED) is 0.651. The lowest BCUT2D eigenvalue weighted by Gasteiger charge is -2.10. The second kappa shape index (κ2) is 7.95. The monoisotopic (exact) mass is 388 g/mol. The summed E-state index contributed by atoms with van der Waals surface area (Å²) >= 11 is 0. The van der Waals surface area contributed by atoms with Gasteiger partial charge in [-0.05, 0) is 47.4 Å². The van der Waals surface area contributed by atoms with Crippen LogP contribution < -0.4 is 10.6 Å². The number of hydrogen-bond donors (Lipinski definition) is 2. The predicted octanol–water partition coefficient (Wildman–Crippen LogP) is 4.93. The molecule has 1 aromatic heterocycles. The molecule has 1 unspecified atom stereocenters. The Bertz CT molecular complexity index is 1050. The van der Waals surface area contributed by atoms with Gasteiger partial charge in [0.05, 0.1) is 0 Å². The van der Waals surface area contributed by atoms with Crippen LogP contribution in [0, 0.1) is 0 Å². The summed E-state index contributed by atoms with van der Waals surface area (Å²) in [6, 6.07) is 19.3. The van der Waals surface area contributed by atoms with E-state index in [0.717, 1.165) is 11.1 Å². The molecule has 29 heavy (non-hydrogen) atoms. The lowest BCUT2D eigenvalue weighted by molar-refractivity contribution is -0.119. The molecule has 0 spiro atoms. The Hall–Kier alpha value is -3.34. The molecule has 2 N–H and O–H groups in total. The maximum atomic E-state index is 12.6. The van der Waals surface area contributed by atoms with Gasteiger partial charge in [-0.3, -0.25) is 9.59 Å². The number of furan rings is 1. The number of nitrogens with one attached hydrogen (secondary N) is 2. The molecule has 5 nitrogen and oxygen atoms in total. The fourth-order valence-electron chi connectivity index (χ4n) is 3.57. The average molecular weight is 388 g/mol. The van der Waals surface area contributed by atoms with E-state index in [1.165, 1.54) is 5.56 Å². The third-order valence-corrected chi connectivity index (χ3v) is 5.26. The maximum Gasteiger partial charge on any atom is 0.291 e. The van der Waals surface area contributed by atoms with E-state index in [1.807, 2.05) is 42.5 Å². The van der Waals surface area contributed by atoms with Crippen molar-refractivity contribution in [1.29, 1.82) is 0 Å². The van der Waals surface area contributed by atoms with Crippen LogP contribution in [-0.4, -0.2) is 18.4 Å². The van der Waals surface area contributed by atoms with Gasteiger partial charge in [0.2, 0.25) is 5.91 Å². The molecule has 1 saturated heterocycles. The molecule has 0 aliphatic carbocycles. The highest BCUT2D eigenvalue weighted by atomic mass is 16.3. The van der Waals surface area contributed by atoms with Crippen molar-refractivity contribution in [2.45, 2.75) is 32.1 Å². The van der Waals surface area contributed by atoms with Crippen LogP contribution in [0.2, 0.25) is 0 Å². The van der Waals surface area contributed by atoms with Gasteiger partial charge in [-0.1, -0.05) is 44.2 Å². The smallest absolute Gasteiger partial charge is 0.291 e. The average Bonchev–Trinajstić information content (AvgIpc) is 3.38. The molecule has 1 atom stereocenters. The predicted molar refractivity (Wildman–Crippen MR) is 113 cm³/mol. The second-order valence-electron chi connectivity index (χ2n) is 7.73. The van der Waals surface area contributed by atoms with Crippen molar-refractivity contribution in [3.8, 4) is 11.3 Å². The van der Waals surface area contributed by atoms with E-state index < -0.39 is 0 Å². The minimum absolute atomic E-state index is 0.0640. The molecular weight excluding hydrogens is 364 g/mol. The molecule has 0 radical (unpaired) electrons. The number of hydrogen-bond acceptors (Lipinski definition) is 3. The lowest BCUT2D eigenvalue weighted by Crippen LogP contribution is -2.13. The number of carbonyl (C=O) groups is 2. The second-order valence-corrected chi connectivity index (χ2v) is 7.73. The van der Waals surface area contributed by atoms with E-state index >= 15 is 0 Å². The number of rotatable bonds is 5. The molecule has 1 aliphatic heterocycles. The molecule has 1 fully saturated rings. The molecule has 3 aromatic rings. The zero-order valence-electron chi connectivity index (χ0n) is 16.6. The molecule has 2 amide bonds. The van der Waals surface area contributed by atoms with Crippen LogP contribution in [-0.2, 0) is 4.79 Å². The van der Waals surface area contributed by atoms with Crippen LogP contribution in [0.3, 0.4) is 0 Å². The van der Waals surface area contributed by atoms with E-state index in [0.29, 0.717) is 30.3 Å². The summed E-state index contributed by atoms with van der Waals surface area (Å²) in [7, 11) is 0. The van der Waals surface area contributed by atoms with Gasteiger partial charge in [-0.25, -0.2) is 0 Å². The van der Waals surface area contributed by atoms with Gasteiger partial charge in [-0.2, -0.15) is 0 Å². The van der Waals surface area contributed by atoms with Crippen molar-refractivity contribution in [3.05, 3.63) is 77.6 Å². The van der Waals surface area contributed by atoms with Gasteiger partial charge in [-0.15, -0.1) is 0 Å². The SMILES string of the molecule is CC(C)c1cccc(-c2ccc(C(=O)Nc3cccc(C4CNC(=O)C4)c3)o2)c1. The van der Waals surface area contributed by atoms with Crippen molar-refractivity contribution < 1.29 is 14.0 Å². The van der Waals surface area contributed by atoms with E-state index in [-0.39, 0.29) is 23.5 Å². The Morgan fingerprint density at radius 2 is 1.93 bits per heavy atom. The molecule has 4 rings (SSSR count). The maximum absolute atomic E-state index is 12.6. The first-order valence-corrected chi connectivity index (χ1v) is 9.88. The third-order valence-electron chi connectivity index (χ3n) is 5.26. The number of benzene rings is 2. The Labute approximate surface area is 170 Å². The first-order valence-electron chi connectivity index (χ1n) is 9.88. The highest BCUT2D eigenvalue weighted by Gasteiger charge is 2.23. The number of carbonyl (C=O) groups excluding carboxylic acids is 2. The molecule has 148 valence electrons. The van der Waals surface area contributed by atoms with Gasteiger partial charge < -0.3 is 15.1 Å². The topological polar surface area (TPSA) is 71.3 Å². The Morgan fingerprint density at radius 1 is 1.10 bits per heavy atom. The minimum Gasteiger partial charge on any atom is -0.451 e. The van der Waals surface area contributed by atoms with Gasteiger partial charge >= 0.3 is 0 Å². The Kier molecular flexibility index (Phi) is 5.21. The molecule has 0 saturated carbocycles.